The molecule has 1 rings (SSSR count). The van der Waals surface area contributed by atoms with Crippen LogP contribution in [0.2, 0.25) is 0 Å². The summed E-state index contributed by atoms with van der Waals surface area (Å²) in [5.41, 5.74) is 6.02. The fourth-order valence-electron chi connectivity index (χ4n) is 2.20. The summed E-state index contributed by atoms with van der Waals surface area (Å²) in [6, 6.07) is 0. The van der Waals surface area contributed by atoms with Gasteiger partial charge in [-0.2, -0.15) is 0 Å². The first-order chi connectivity index (χ1) is 5.90. The van der Waals surface area contributed by atoms with E-state index in [0.717, 1.165) is 6.42 Å². The smallest absolute Gasteiger partial charge is 0.0616 e. The highest BCUT2D eigenvalue weighted by atomic mass is 16.3. The van der Waals surface area contributed by atoms with Crippen LogP contribution in [0.15, 0.2) is 0 Å². The van der Waals surface area contributed by atoms with Crippen LogP contribution in [0.5, 0.6) is 0 Å². The van der Waals surface area contributed by atoms with E-state index in [0.29, 0.717) is 23.8 Å². The summed E-state index contributed by atoms with van der Waals surface area (Å²) in [6.07, 6.45) is 0.956. The maximum Gasteiger partial charge on any atom is 0.0616 e. The number of nitrogens with two attached hydrogens (primary N) is 1. The molecular weight excluding hydrogens is 162 g/mol. The SMILES string of the molecule is CC(C)C(CN)C(O)C1CC1(C)C. The Morgan fingerprint density at radius 1 is 1.46 bits per heavy atom. The van der Waals surface area contributed by atoms with E-state index in [1.54, 1.807) is 0 Å². The van der Waals surface area contributed by atoms with E-state index in [-0.39, 0.29) is 12.0 Å². The third kappa shape index (κ3) is 2.23. The quantitative estimate of drug-likeness (QED) is 0.699. The lowest BCUT2D eigenvalue weighted by Crippen LogP contribution is -2.34. The predicted molar refractivity (Wildman–Crippen MR) is 55.3 cm³/mol. The average Bonchev–Trinajstić information content (AvgIpc) is 2.60. The highest BCUT2D eigenvalue weighted by Gasteiger charge is 2.51. The summed E-state index contributed by atoms with van der Waals surface area (Å²) in [4.78, 5) is 0. The molecule has 0 aliphatic heterocycles. The van der Waals surface area contributed by atoms with E-state index >= 15 is 0 Å². The summed E-state index contributed by atoms with van der Waals surface area (Å²) in [7, 11) is 0. The van der Waals surface area contributed by atoms with Crippen LogP contribution >= 0.6 is 0 Å². The second kappa shape index (κ2) is 3.58. The first kappa shape index (κ1) is 11.0. The van der Waals surface area contributed by atoms with Gasteiger partial charge in [0.2, 0.25) is 0 Å². The standard InChI is InChI=1S/C11H23NO/c1-7(2)8(6-12)10(13)9-5-11(9,3)4/h7-10,13H,5-6,12H2,1-4H3. The van der Waals surface area contributed by atoms with E-state index in [2.05, 4.69) is 27.7 Å². The second-order valence-corrected chi connectivity index (χ2v) is 5.43. The van der Waals surface area contributed by atoms with Gasteiger partial charge in [0.1, 0.15) is 0 Å². The van der Waals surface area contributed by atoms with Gasteiger partial charge in [-0.05, 0) is 36.1 Å². The van der Waals surface area contributed by atoms with Crippen LogP contribution in [-0.4, -0.2) is 17.8 Å². The lowest BCUT2D eigenvalue weighted by atomic mass is 9.86. The van der Waals surface area contributed by atoms with Gasteiger partial charge in [-0.3, -0.25) is 0 Å². The fourth-order valence-corrected chi connectivity index (χ4v) is 2.20. The molecule has 0 heterocycles. The number of rotatable bonds is 4. The van der Waals surface area contributed by atoms with E-state index in [9.17, 15) is 5.11 Å². The molecule has 0 amide bonds. The summed E-state index contributed by atoms with van der Waals surface area (Å²) in [5, 5.41) is 10.1. The molecule has 2 heteroatoms. The molecular formula is C11H23NO. The van der Waals surface area contributed by atoms with Gasteiger partial charge < -0.3 is 10.8 Å². The molecule has 0 saturated heterocycles. The zero-order valence-corrected chi connectivity index (χ0v) is 9.25. The highest BCUT2D eigenvalue weighted by molar-refractivity contribution is 5.01. The minimum atomic E-state index is -0.194. The monoisotopic (exact) mass is 185 g/mol. The molecule has 0 bridgehead atoms. The van der Waals surface area contributed by atoms with E-state index in [1.165, 1.54) is 0 Å². The molecule has 13 heavy (non-hydrogen) atoms. The molecule has 3 atom stereocenters. The third-order valence-corrected chi connectivity index (χ3v) is 3.57. The van der Waals surface area contributed by atoms with Crippen LogP contribution in [-0.2, 0) is 0 Å². The molecule has 2 nitrogen and oxygen atoms in total. The van der Waals surface area contributed by atoms with Crippen LogP contribution < -0.4 is 5.73 Å². The van der Waals surface area contributed by atoms with Crippen LogP contribution in [0.4, 0.5) is 0 Å². The Hall–Kier alpha value is -0.0800. The molecule has 78 valence electrons. The zero-order chi connectivity index (χ0) is 10.2. The van der Waals surface area contributed by atoms with Crippen molar-refractivity contribution in [2.75, 3.05) is 6.54 Å². The lowest BCUT2D eigenvalue weighted by Gasteiger charge is -2.26. The molecule has 0 radical (unpaired) electrons. The predicted octanol–water partition coefficient (Wildman–Crippen LogP) is 1.62. The van der Waals surface area contributed by atoms with Gasteiger partial charge in [0.15, 0.2) is 0 Å². The van der Waals surface area contributed by atoms with Crippen molar-refractivity contribution in [3.8, 4) is 0 Å². The molecule has 3 N–H and O–H groups in total. The first-order valence-electron chi connectivity index (χ1n) is 5.28. The van der Waals surface area contributed by atoms with Crippen molar-refractivity contribution >= 4 is 0 Å². The topological polar surface area (TPSA) is 46.2 Å². The molecule has 0 aromatic heterocycles. The van der Waals surface area contributed by atoms with Crippen LogP contribution in [0.1, 0.15) is 34.1 Å². The van der Waals surface area contributed by atoms with Gasteiger partial charge in [0.05, 0.1) is 6.10 Å². The Bertz CT molecular complexity index is 177. The average molecular weight is 185 g/mol. The fraction of sp³-hybridized carbons (Fsp3) is 1.00. The van der Waals surface area contributed by atoms with Crippen molar-refractivity contribution in [3.05, 3.63) is 0 Å². The molecule has 3 unspecified atom stereocenters. The Morgan fingerprint density at radius 3 is 2.15 bits per heavy atom. The van der Waals surface area contributed by atoms with Gasteiger partial charge in [0, 0.05) is 0 Å². The molecule has 1 aliphatic rings. The first-order valence-corrected chi connectivity index (χ1v) is 5.28. The minimum absolute atomic E-state index is 0.194. The number of hydrogen-bond donors (Lipinski definition) is 2. The minimum Gasteiger partial charge on any atom is -0.392 e. The largest absolute Gasteiger partial charge is 0.392 e. The van der Waals surface area contributed by atoms with Gasteiger partial charge in [0.25, 0.3) is 0 Å². The highest BCUT2D eigenvalue weighted by Crippen LogP contribution is 2.55. The molecule has 1 aliphatic carbocycles. The van der Waals surface area contributed by atoms with Gasteiger partial charge >= 0.3 is 0 Å². The third-order valence-electron chi connectivity index (χ3n) is 3.57. The van der Waals surface area contributed by atoms with Gasteiger partial charge in [-0.25, -0.2) is 0 Å². The van der Waals surface area contributed by atoms with E-state index in [4.69, 9.17) is 5.73 Å². The normalized spacial score (nSPS) is 30.2. The van der Waals surface area contributed by atoms with Crippen LogP contribution in [0.3, 0.4) is 0 Å². The van der Waals surface area contributed by atoms with Crippen molar-refractivity contribution in [2.45, 2.75) is 40.2 Å². The Balaban J connectivity index is 2.51. The molecule has 0 aromatic rings. The zero-order valence-electron chi connectivity index (χ0n) is 9.25. The van der Waals surface area contributed by atoms with E-state index < -0.39 is 0 Å². The van der Waals surface area contributed by atoms with E-state index in [1.807, 2.05) is 0 Å². The Kier molecular flexibility index (Phi) is 3.03. The second-order valence-electron chi connectivity index (χ2n) is 5.43. The number of hydrogen-bond acceptors (Lipinski definition) is 2. The summed E-state index contributed by atoms with van der Waals surface area (Å²) in [5.74, 6) is 1.23. The number of aliphatic hydroxyl groups excluding tert-OH is 1. The maximum absolute atomic E-state index is 10.1. The van der Waals surface area contributed by atoms with Crippen LogP contribution in [0.25, 0.3) is 0 Å². The van der Waals surface area contributed by atoms with Crippen molar-refractivity contribution in [1.82, 2.24) is 0 Å². The summed E-state index contributed by atoms with van der Waals surface area (Å²) >= 11 is 0. The molecule has 0 aromatic carbocycles. The number of aliphatic hydroxyl groups is 1. The Morgan fingerprint density at radius 2 is 1.92 bits per heavy atom. The summed E-state index contributed by atoms with van der Waals surface area (Å²) < 4.78 is 0. The molecule has 1 fully saturated rings. The van der Waals surface area contributed by atoms with Gasteiger partial charge in [-0.15, -0.1) is 0 Å². The Labute approximate surface area is 81.5 Å². The molecule has 0 spiro atoms. The van der Waals surface area contributed by atoms with Crippen molar-refractivity contribution < 1.29 is 5.11 Å². The summed E-state index contributed by atoms with van der Waals surface area (Å²) in [6.45, 7) is 9.31. The van der Waals surface area contributed by atoms with Crippen molar-refractivity contribution in [3.63, 3.8) is 0 Å². The van der Waals surface area contributed by atoms with Crippen molar-refractivity contribution in [2.24, 2.45) is 28.9 Å². The lowest BCUT2D eigenvalue weighted by molar-refractivity contribution is 0.0564. The van der Waals surface area contributed by atoms with Crippen LogP contribution in [0, 0.1) is 23.2 Å². The molecule has 1 saturated carbocycles. The van der Waals surface area contributed by atoms with Crippen molar-refractivity contribution in [1.29, 1.82) is 0 Å². The van der Waals surface area contributed by atoms with Gasteiger partial charge in [-0.1, -0.05) is 27.7 Å². The maximum atomic E-state index is 10.1.